The third-order valence-electron chi connectivity index (χ3n) is 6.77. The van der Waals surface area contributed by atoms with Gasteiger partial charge in [-0.3, -0.25) is 4.40 Å². The van der Waals surface area contributed by atoms with Crippen LogP contribution in [-0.4, -0.2) is 9.38 Å². The van der Waals surface area contributed by atoms with Crippen molar-refractivity contribution in [1.82, 2.24) is 9.38 Å². The minimum absolute atomic E-state index is 0.347. The van der Waals surface area contributed by atoms with Crippen LogP contribution in [0.1, 0.15) is 22.3 Å². The average Bonchev–Trinajstić information content (AvgIpc) is 3.29. The molecule has 0 saturated heterocycles. The molecule has 3 heteroatoms. The topological polar surface area (TPSA) is 17.3 Å². The van der Waals surface area contributed by atoms with Gasteiger partial charge < -0.3 is 0 Å². The van der Waals surface area contributed by atoms with E-state index in [1.165, 1.54) is 49.0 Å². The van der Waals surface area contributed by atoms with Crippen LogP contribution in [0.3, 0.4) is 0 Å². The molecule has 7 rings (SSSR count). The van der Waals surface area contributed by atoms with Gasteiger partial charge in [-0.25, -0.2) is 4.98 Å². The lowest BCUT2D eigenvalue weighted by atomic mass is 9.81. The molecule has 6 aromatic rings. The van der Waals surface area contributed by atoms with Crippen LogP contribution in [-0.2, 0) is 4.75 Å². The van der Waals surface area contributed by atoms with Gasteiger partial charge in [0.1, 0.15) is 10.7 Å². The molecular weight excluding hydrogens is 408 g/mol. The van der Waals surface area contributed by atoms with Crippen LogP contribution in [0.4, 0.5) is 0 Å². The quantitative estimate of drug-likeness (QED) is 0.268. The summed E-state index contributed by atoms with van der Waals surface area (Å²) in [6.45, 7) is 2.22. The van der Waals surface area contributed by atoms with E-state index in [0.717, 1.165) is 5.65 Å². The molecule has 0 fully saturated rings. The summed E-state index contributed by atoms with van der Waals surface area (Å²) in [6, 6.07) is 35.1. The maximum Gasteiger partial charge on any atom is 0.146 e. The maximum absolute atomic E-state index is 4.93. The minimum Gasteiger partial charge on any atom is -0.286 e. The molecule has 0 unspecified atom stereocenters. The van der Waals surface area contributed by atoms with Gasteiger partial charge in [0.15, 0.2) is 0 Å². The van der Waals surface area contributed by atoms with Crippen LogP contribution in [0, 0.1) is 6.92 Å². The Kier molecular flexibility index (Phi) is 3.65. The van der Waals surface area contributed by atoms with E-state index in [2.05, 4.69) is 115 Å². The Labute approximate surface area is 190 Å². The summed E-state index contributed by atoms with van der Waals surface area (Å²) < 4.78 is 2.04. The summed E-state index contributed by atoms with van der Waals surface area (Å²) in [4.78, 5) is 4.93. The summed E-state index contributed by atoms with van der Waals surface area (Å²) in [5.41, 5.74) is 7.50. The molecule has 1 aliphatic heterocycles. The highest BCUT2D eigenvalue weighted by Crippen LogP contribution is 2.57. The van der Waals surface area contributed by atoms with Crippen molar-refractivity contribution in [3.05, 3.63) is 126 Å². The number of rotatable bonds is 2. The van der Waals surface area contributed by atoms with E-state index in [4.69, 9.17) is 4.98 Å². The van der Waals surface area contributed by atoms with Crippen molar-refractivity contribution in [3.63, 3.8) is 0 Å². The molecule has 0 aliphatic carbocycles. The lowest BCUT2D eigenvalue weighted by molar-refractivity contribution is 0.868. The van der Waals surface area contributed by atoms with Gasteiger partial charge in [0.2, 0.25) is 0 Å². The monoisotopic (exact) mass is 428 g/mol. The molecule has 32 heavy (non-hydrogen) atoms. The van der Waals surface area contributed by atoms with E-state index in [1.807, 2.05) is 11.8 Å². The van der Waals surface area contributed by atoms with Gasteiger partial charge in [0.05, 0.1) is 16.5 Å². The second-order valence-electron chi connectivity index (χ2n) is 8.47. The first-order valence-electron chi connectivity index (χ1n) is 10.9. The Balaban J connectivity index is 1.75. The molecule has 152 valence electrons. The number of hydrogen-bond acceptors (Lipinski definition) is 2. The fourth-order valence-corrected chi connectivity index (χ4v) is 6.88. The molecule has 0 radical (unpaired) electrons. The SMILES string of the molecule is Cc1ccc2c3c1c1ccccc1c1ncc(n13)SC2(c1ccccc1)c1ccccc1. The van der Waals surface area contributed by atoms with Gasteiger partial charge in [0.25, 0.3) is 0 Å². The molecule has 0 amide bonds. The summed E-state index contributed by atoms with van der Waals surface area (Å²) in [5.74, 6) is 0. The van der Waals surface area contributed by atoms with Crippen LogP contribution >= 0.6 is 11.8 Å². The van der Waals surface area contributed by atoms with Gasteiger partial charge >= 0.3 is 0 Å². The molecule has 2 aromatic heterocycles. The number of thioether (sulfide) groups is 1. The average molecular weight is 429 g/mol. The van der Waals surface area contributed by atoms with Crippen molar-refractivity contribution in [2.45, 2.75) is 16.7 Å². The van der Waals surface area contributed by atoms with Gasteiger partial charge in [-0.1, -0.05) is 109 Å². The third kappa shape index (κ3) is 2.19. The van der Waals surface area contributed by atoms with Crippen molar-refractivity contribution in [2.24, 2.45) is 0 Å². The summed E-state index contributed by atoms with van der Waals surface area (Å²) in [7, 11) is 0. The van der Waals surface area contributed by atoms with Crippen LogP contribution in [0.5, 0.6) is 0 Å². The second-order valence-corrected chi connectivity index (χ2v) is 9.70. The van der Waals surface area contributed by atoms with Crippen molar-refractivity contribution < 1.29 is 0 Å². The van der Waals surface area contributed by atoms with Crippen LogP contribution in [0.25, 0.3) is 27.3 Å². The fraction of sp³-hybridized carbons (Fsp3) is 0.0690. The number of aryl methyl sites for hydroxylation is 1. The molecule has 0 atom stereocenters. The molecule has 0 bridgehead atoms. The third-order valence-corrected chi connectivity index (χ3v) is 8.27. The lowest BCUT2D eigenvalue weighted by Crippen LogP contribution is -2.29. The van der Waals surface area contributed by atoms with E-state index in [-0.39, 0.29) is 4.75 Å². The molecule has 2 nitrogen and oxygen atoms in total. The number of benzene rings is 4. The van der Waals surface area contributed by atoms with E-state index in [0.29, 0.717) is 0 Å². The standard InChI is InChI=1S/C29H20N2S/c1-19-16-17-24-27-26(19)22-14-8-9-15-23(22)28-30-18-25(31(27)28)32-29(24,20-10-4-2-5-11-20)21-12-6-3-7-13-21/h2-18H,1H3. The second kappa shape index (κ2) is 6.47. The Morgan fingerprint density at radius 1 is 0.719 bits per heavy atom. The molecule has 0 spiro atoms. The summed E-state index contributed by atoms with van der Waals surface area (Å²) >= 11 is 1.90. The Morgan fingerprint density at radius 2 is 1.34 bits per heavy atom. The first kappa shape index (κ1) is 18.1. The van der Waals surface area contributed by atoms with Crippen LogP contribution < -0.4 is 0 Å². The molecule has 4 aromatic carbocycles. The molecular formula is C29H20N2S. The Morgan fingerprint density at radius 3 is 2.03 bits per heavy atom. The van der Waals surface area contributed by atoms with Crippen molar-refractivity contribution in [3.8, 4) is 0 Å². The predicted octanol–water partition coefficient (Wildman–Crippen LogP) is 7.35. The first-order chi connectivity index (χ1) is 15.8. The Bertz CT molecular complexity index is 1610. The highest BCUT2D eigenvalue weighted by molar-refractivity contribution is 8.00. The minimum atomic E-state index is -0.347. The number of nitrogens with zero attached hydrogens (tertiary/aromatic N) is 2. The normalized spacial score (nSPS) is 14.5. The zero-order valence-corrected chi connectivity index (χ0v) is 18.4. The number of fused-ring (bicyclic) bond motifs is 3. The molecule has 3 heterocycles. The number of aromatic nitrogens is 2. The zero-order chi connectivity index (χ0) is 21.3. The largest absolute Gasteiger partial charge is 0.286 e. The fourth-order valence-electron chi connectivity index (χ4n) is 5.41. The highest BCUT2D eigenvalue weighted by Gasteiger charge is 2.43. The van der Waals surface area contributed by atoms with Gasteiger partial charge in [-0.05, 0) is 29.0 Å². The number of imidazole rings is 1. The Hall–Kier alpha value is -3.56. The summed E-state index contributed by atoms with van der Waals surface area (Å²) in [6.07, 6.45) is 2.05. The van der Waals surface area contributed by atoms with E-state index < -0.39 is 0 Å². The number of hydrogen-bond donors (Lipinski definition) is 0. The molecule has 0 saturated carbocycles. The van der Waals surface area contributed by atoms with Crippen molar-refractivity contribution in [2.75, 3.05) is 0 Å². The highest BCUT2D eigenvalue weighted by atomic mass is 32.2. The zero-order valence-electron chi connectivity index (χ0n) is 17.6. The lowest BCUT2D eigenvalue weighted by Gasteiger charge is -2.39. The predicted molar refractivity (Wildman–Crippen MR) is 134 cm³/mol. The summed E-state index contributed by atoms with van der Waals surface area (Å²) in [5, 5.41) is 4.98. The maximum atomic E-state index is 4.93. The van der Waals surface area contributed by atoms with Gasteiger partial charge in [0, 0.05) is 16.3 Å². The van der Waals surface area contributed by atoms with Crippen LogP contribution in [0.15, 0.2) is 108 Å². The van der Waals surface area contributed by atoms with Crippen molar-refractivity contribution >= 4 is 39.1 Å². The molecule has 1 aliphatic rings. The van der Waals surface area contributed by atoms with Gasteiger partial charge in [-0.2, -0.15) is 0 Å². The molecule has 0 N–H and O–H groups in total. The van der Waals surface area contributed by atoms with Crippen LogP contribution in [0.2, 0.25) is 0 Å². The smallest absolute Gasteiger partial charge is 0.146 e. The van der Waals surface area contributed by atoms with E-state index in [1.54, 1.807) is 0 Å². The van der Waals surface area contributed by atoms with Crippen molar-refractivity contribution in [1.29, 1.82) is 0 Å². The number of pyridine rings is 1. The van der Waals surface area contributed by atoms with E-state index in [9.17, 15) is 0 Å². The first-order valence-corrected chi connectivity index (χ1v) is 11.7. The van der Waals surface area contributed by atoms with Gasteiger partial charge in [-0.15, -0.1) is 0 Å². The van der Waals surface area contributed by atoms with E-state index >= 15 is 0 Å².